The van der Waals surface area contributed by atoms with Gasteiger partial charge < -0.3 is 4.12 Å². The summed E-state index contributed by atoms with van der Waals surface area (Å²) in [7, 11) is 1.96. The molecule has 0 saturated carbocycles. The van der Waals surface area contributed by atoms with E-state index in [-0.39, 0.29) is 0 Å². The fourth-order valence-electron chi connectivity index (χ4n) is 1.96. The highest BCUT2D eigenvalue weighted by Crippen LogP contribution is 2.22. The minimum atomic E-state index is -0.921. The maximum absolute atomic E-state index is 4.72. The summed E-state index contributed by atoms with van der Waals surface area (Å²) in [5, 5.41) is 0. The van der Waals surface area contributed by atoms with E-state index in [0.717, 1.165) is 0 Å². The van der Waals surface area contributed by atoms with Crippen LogP contribution in [-0.4, -0.2) is 19.5 Å². The largest absolute Gasteiger partial charge is 0.451 e. The second kappa shape index (κ2) is 9.05. The summed E-state index contributed by atoms with van der Waals surface area (Å²) in [5.74, 6) is 0. The van der Waals surface area contributed by atoms with Gasteiger partial charge in [-0.05, 0) is 22.3 Å². The predicted molar refractivity (Wildman–Crippen MR) is 104 cm³/mol. The Morgan fingerprint density at radius 1 is 0.696 bits per heavy atom. The van der Waals surface area contributed by atoms with Crippen LogP contribution in [0.3, 0.4) is 0 Å². The van der Waals surface area contributed by atoms with Gasteiger partial charge in [-0.1, -0.05) is 84.2 Å². The third kappa shape index (κ3) is 4.89. The zero-order valence-electron chi connectivity index (χ0n) is 12.9. The van der Waals surface area contributed by atoms with Crippen molar-refractivity contribution in [1.29, 1.82) is 0 Å². The van der Waals surface area contributed by atoms with E-state index in [1.54, 1.807) is 11.4 Å². The van der Waals surface area contributed by atoms with E-state index in [9.17, 15) is 0 Å². The third-order valence-corrected chi connectivity index (χ3v) is 5.14. The fourth-order valence-corrected chi connectivity index (χ4v) is 2.80. The van der Waals surface area contributed by atoms with E-state index in [1.807, 2.05) is 0 Å². The van der Waals surface area contributed by atoms with Gasteiger partial charge in [0.2, 0.25) is 10.5 Å². The molecule has 2 aliphatic carbocycles. The first-order valence-corrected chi connectivity index (χ1v) is 9.25. The molecular weight excluding hydrogens is 312 g/mol. The van der Waals surface area contributed by atoms with Gasteiger partial charge in [0.15, 0.2) is 0 Å². The topological polar surface area (TPSA) is 9.23 Å². The molecule has 23 heavy (non-hydrogen) atoms. The average molecular weight is 331 g/mol. The molecule has 0 atom stereocenters. The Morgan fingerprint density at radius 3 is 1.09 bits per heavy atom. The lowest BCUT2D eigenvalue weighted by atomic mass is 9.99. The van der Waals surface area contributed by atoms with Crippen LogP contribution in [0, 0.1) is 0 Å². The third-order valence-electron chi connectivity index (χ3n) is 3.40. The van der Waals surface area contributed by atoms with Gasteiger partial charge in [0.25, 0.3) is 9.04 Å². The summed E-state index contributed by atoms with van der Waals surface area (Å²) >= 11 is 0. The Morgan fingerprint density at radius 2 is 1.00 bits per heavy atom. The molecule has 1 nitrogen and oxygen atoms in total. The monoisotopic (exact) mass is 330 g/mol. The second-order valence-electron chi connectivity index (χ2n) is 4.84. The SMILES string of the molecule is C1=Cc2ccccc21.C1=Cc2ccccc21.C=C[Si](C=C)O[Si]. The highest BCUT2D eigenvalue weighted by molar-refractivity contribution is 6.65. The molecule has 0 spiro atoms. The van der Waals surface area contributed by atoms with Crippen LogP contribution in [0.2, 0.25) is 0 Å². The molecule has 0 fully saturated rings. The summed E-state index contributed by atoms with van der Waals surface area (Å²) in [6, 6.07) is 16.7. The van der Waals surface area contributed by atoms with Crippen LogP contribution < -0.4 is 0 Å². The van der Waals surface area contributed by atoms with Crippen molar-refractivity contribution in [2.75, 3.05) is 0 Å². The Hall–Kier alpha value is -2.21. The van der Waals surface area contributed by atoms with E-state index in [4.69, 9.17) is 4.12 Å². The minimum absolute atomic E-state index is 0.921. The van der Waals surface area contributed by atoms with Gasteiger partial charge in [0.05, 0.1) is 0 Å². The average Bonchev–Trinajstić information content (AvgIpc) is 2.53. The van der Waals surface area contributed by atoms with E-state index in [2.05, 4.69) is 96.5 Å². The van der Waals surface area contributed by atoms with Gasteiger partial charge in [0.1, 0.15) is 0 Å². The smallest absolute Gasteiger partial charge is 0.254 e. The quantitative estimate of drug-likeness (QED) is 0.487. The molecule has 0 aliphatic heterocycles. The van der Waals surface area contributed by atoms with Gasteiger partial charge in [-0.15, -0.1) is 13.2 Å². The van der Waals surface area contributed by atoms with Crippen LogP contribution in [0.4, 0.5) is 0 Å². The lowest BCUT2D eigenvalue weighted by Gasteiger charge is -2.06. The maximum atomic E-state index is 4.72. The van der Waals surface area contributed by atoms with Crippen molar-refractivity contribution in [3.63, 3.8) is 0 Å². The van der Waals surface area contributed by atoms with Gasteiger partial charge in [-0.3, -0.25) is 0 Å². The molecular formula is C20H18OSi2. The van der Waals surface area contributed by atoms with E-state index in [0.29, 0.717) is 0 Å². The Balaban J connectivity index is 0.000000126. The highest BCUT2D eigenvalue weighted by atomic mass is 28.3. The Kier molecular flexibility index (Phi) is 6.75. The predicted octanol–water partition coefficient (Wildman–Crippen LogP) is 4.87. The number of benzene rings is 2. The first-order chi connectivity index (χ1) is 11.3. The molecule has 2 aromatic carbocycles. The molecule has 2 aliphatic rings. The van der Waals surface area contributed by atoms with Crippen LogP contribution in [-0.2, 0) is 4.12 Å². The summed E-state index contributed by atoms with van der Waals surface area (Å²) in [4.78, 5) is 0. The van der Waals surface area contributed by atoms with Crippen LogP contribution >= 0.6 is 0 Å². The van der Waals surface area contributed by atoms with Crippen LogP contribution in [0.25, 0.3) is 24.3 Å². The molecule has 0 saturated heterocycles. The van der Waals surface area contributed by atoms with Crippen molar-refractivity contribution in [1.82, 2.24) is 0 Å². The van der Waals surface area contributed by atoms with Gasteiger partial charge in [-0.25, -0.2) is 0 Å². The minimum Gasteiger partial charge on any atom is -0.451 e. The number of hydrogen-bond donors (Lipinski definition) is 0. The number of fused-ring (bicyclic) bond motifs is 2. The molecule has 2 aromatic rings. The lowest BCUT2D eigenvalue weighted by molar-refractivity contribution is 0.659. The van der Waals surface area contributed by atoms with Crippen molar-refractivity contribution in [3.8, 4) is 0 Å². The van der Waals surface area contributed by atoms with Crippen molar-refractivity contribution >= 4 is 43.8 Å². The summed E-state index contributed by atoms with van der Waals surface area (Å²) in [5.41, 5.74) is 8.95. The summed E-state index contributed by atoms with van der Waals surface area (Å²) in [6.07, 6.45) is 8.48. The van der Waals surface area contributed by atoms with Crippen molar-refractivity contribution < 1.29 is 4.12 Å². The summed E-state index contributed by atoms with van der Waals surface area (Å²) < 4.78 is 4.72. The van der Waals surface area contributed by atoms with Gasteiger partial charge in [0, 0.05) is 0 Å². The van der Waals surface area contributed by atoms with E-state index in [1.165, 1.54) is 22.3 Å². The lowest BCUT2D eigenvalue weighted by Crippen LogP contribution is -2.08. The molecule has 112 valence electrons. The van der Waals surface area contributed by atoms with E-state index < -0.39 is 9.04 Å². The van der Waals surface area contributed by atoms with Crippen LogP contribution in [0.1, 0.15) is 22.3 Å². The second-order valence-corrected chi connectivity index (χ2v) is 7.27. The van der Waals surface area contributed by atoms with Crippen molar-refractivity contribution in [2.24, 2.45) is 0 Å². The molecule has 0 bridgehead atoms. The van der Waals surface area contributed by atoms with Crippen LogP contribution in [0.5, 0.6) is 0 Å². The van der Waals surface area contributed by atoms with E-state index >= 15 is 0 Å². The normalized spacial score (nSPS) is 11.4. The fraction of sp³-hybridized carbons (Fsp3) is 0. The highest BCUT2D eigenvalue weighted by Gasteiger charge is 2.00. The van der Waals surface area contributed by atoms with Crippen molar-refractivity contribution in [2.45, 2.75) is 0 Å². The molecule has 3 heteroatoms. The Labute approximate surface area is 143 Å². The zero-order valence-corrected chi connectivity index (χ0v) is 14.9. The molecule has 0 heterocycles. The number of hydrogen-bond acceptors (Lipinski definition) is 1. The Bertz CT molecular complexity index is 620. The molecule has 0 unspecified atom stereocenters. The number of rotatable bonds is 3. The zero-order chi connectivity index (χ0) is 16.5. The molecule has 0 amide bonds. The summed E-state index contributed by atoms with van der Waals surface area (Å²) in [6.45, 7) is 7.04. The standard InChI is InChI=1S/2C8H6.C4H6OSi2/c2*1-2-4-8-6-5-7(8)3-1;1-3-7(4-2)5-6/h2*1-6H;3-4H,1-2H2. The molecule has 4 rings (SSSR count). The van der Waals surface area contributed by atoms with Crippen LogP contribution in [0.15, 0.2) is 73.1 Å². The first-order valence-electron chi connectivity index (χ1n) is 7.28. The molecule has 4 radical (unpaired) electrons. The van der Waals surface area contributed by atoms with Gasteiger partial charge in [-0.2, -0.15) is 0 Å². The first kappa shape index (κ1) is 17.2. The molecule has 0 N–H and O–H groups in total. The molecule has 0 aromatic heterocycles. The van der Waals surface area contributed by atoms with Gasteiger partial charge >= 0.3 is 0 Å². The maximum Gasteiger partial charge on any atom is 0.254 e. The van der Waals surface area contributed by atoms with Crippen molar-refractivity contribution in [3.05, 3.63) is 95.3 Å².